The monoisotopic (exact) mass is 240 g/mol. The van der Waals surface area contributed by atoms with E-state index in [2.05, 4.69) is 5.32 Å². The third kappa shape index (κ3) is 4.36. The third-order valence-corrected chi connectivity index (χ3v) is 3.36. The molecule has 0 unspecified atom stereocenters. The van der Waals surface area contributed by atoms with Gasteiger partial charge in [-0.05, 0) is 26.7 Å². The molecule has 98 valence electrons. The summed E-state index contributed by atoms with van der Waals surface area (Å²) in [6, 6.07) is 0. The summed E-state index contributed by atoms with van der Waals surface area (Å²) >= 11 is 0. The van der Waals surface area contributed by atoms with Crippen molar-refractivity contribution < 1.29 is 9.59 Å². The van der Waals surface area contributed by atoms with Crippen molar-refractivity contribution in [2.24, 2.45) is 5.92 Å². The molecule has 0 bridgehead atoms. The maximum atomic E-state index is 12.2. The molecule has 17 heavy (non-hydrogen) atoms. The molecule has 0 atom stereocenters. The highest BCUT2D eigenvalue weighted by atomic mass is 16.2. The van der Waals surface area contributed by atoms with Crippen molar-refractivity contribution in [1.29, 1.82) is 0 Å². The van der Waals surface area contributed by atoms with E-state index in [0.717, 1.165) is 25.7 Å². The van der Waals surface area contributed by atoms with Crippen LogP contribution in [0.4, 0.5) is 0 Å². The van der Waals surface area contributed by atoms with Crippen LogP contribution in [-0.2, 0) is 9.59 Å². The highest BCUT2D eigenvalue weighted by molar-refractivity contribution is 5.85. The Hall–Kier alpha value is -1.06. The molecule has 4 nitrogen and oxygen atoms in total. The zero-order valence-electron chi connectivity index (χ0n) is 11.0. The lowest BCUT2D eigenvalue weighted by Gasteiger charge is -2.28. The first kappa shape index (κ1) is 14.0. The summed E-state index contributed by atoms with van der Waals surface area (Å²) < 4.78 is 0. The van der Waals surface area contributed by atoms with Gasteiger partial charge in [-0.1, -0.05) is 19.3 Å². The van der Waals surface area contributed by atoms with Crippen LogP contribution in [0.25, 0.3) is 0 Å². The zero-order chi connectivity index (χ0) is 12.7. The zero-order valence-corrected chi connectivity index (χ0v) is 11.0. The molecule has 0 aromatic heterocycles. The quantitative estimate of drug-likeness (QED) is 0.792. The Balaban J connectivity index is 2.47. The van der Waals surface area contributed by atoms with Gasteiger partial charge in [-0.3, -0.25) is 9.59 Å². The second-order valence-corrected chi connectivity index (χ2v) is 4.64. The first-order chi connectivity index (χ1) is 8.19. The third-order valence-electron chi connectivity index (χ3n) is 3.36. The largest absolute Gasteiger partial charge is 0.355 e. The van der Waals surface area contributed by atoms with E-state index in [1.807, 2.05) is 13.8 Å². The highest BCUT2D eigenvalue weighted by Crippen LogP contribution is 2.25. The number of nitrogens with zero attached hydrogens (tertiary/aromatic N) is 1. The summed E-state index contributed by atoms with van der Waals surface area (Å²) in [4.78, 5) is 25.4. The van der Waals surface area contributed by atoms with Gasteiger partial charge in [0.25, 0.3) is 0 Å². The Bertz CT molecular complexity index is 260. The number of amides is 2. The van der Waals surface area contributed by atoms with Crippen molar-refractivity contribution in [1.82, 2.24) is 10.2 Å². The number of hydrogen-bond donors (Lipinski definition) is 1. The lowest BCUT2D eigenvalue weighted by molar-refractivity contribution is -0.140. The van der Waals surface area contributed by atoms with Crippen LogP contribution < -0.4 is 5.32 Å². The van der Waals surface area contributed by atoms with E-state index >= 15 is 0 Å². The predicted octanol–water partition coefficient (Wildman–Crippen LogP) is 1.55. The summed E-state index contributed by atoms with van der Waals surface area (Å²) in [5.74, 6) is 0.259. The first-order valence-corrected chi connectivity index (χ1v) is 6.74. The minimum Gasteiger partial charge on any atom is -0.355 e. The molecule has 0 aromatic rings. The average molecular weight is 240 g/mol. The Kier molecular flexibility index (Phi) is 6.01. The fourth-order valence-electron chi connectivity index (χ4n) is 2.38. The van der Waals surface area contributed by atoms with Gasteiger partial charge in [-0.25, -0.2) is 0 Å². The summed E-state index contributed by atoms with van der Waals surface area (Å²) in [6.07, 6.45) is 5.52. The molecular weight excluding hydrogens is 216 g/mol. The van der Waals surface area contributed by atoms with E-state index in [0.29, 0.717) is 13.1 Å². The maximum absolute atomic E-state index is 12.2. The van der Waals surface area contributed by atoms with Gasteiger partial charge in [0.2, 0.25) is 11.8 Å². The van der Waals surface area contributed by atoms with Gasteiger partial charge in [0.1, 0.15) is 0 Å². The van der Waals surface area contributed by atoms with Gasteiger partial charge < -0.3 is 10.2 Å². The molecule has 0 aliphatic heterocycles. The smallest absolute Gasteiger partial charge is 0.239 e. The Morgan fingerprint density at radius 3 is 2.35 bits per heavy atom. The minimum atomic E-state index is -0.0569. The Morgan fingerprint density at radius 2 is 1.82 bits per heavy atom. The van der Waals surface area contributed by atoms with E-state index in [4.69, 9.17) is 0 Å². The molecule has 1 fully saturated rings. The van der Waals surface area contributed by atoms with E-state index in [9.17, 15) is 9.59 Å². The second kappa shape index (κ2) is 7.30. The van der Waals surface area contributed by atoms with Crippen LogP contribution in [0, 0.1) is 5.92 Å². The summed E-state index contributed by atoms with van der Waals surface area (Å²) in [6.45, 7) is 5.26. The molecule has 0 spiro atoms. The number of carbonyl (C=O) groups is 2. The van der Waals surface area contributed by atoms with E-state index in [1.54, 1.807) is 4.90 Å². The maximum Gasteiger partial charge on any atom is 0.239 e. The number of nitrogens with one attached hydrogen (secondary N) is 1. The van der Waals surface area contributed by atoms with Gasteiger partial charge in [0, 0.05) is 19.0 Å². The standard InChI is InChI=1S/C13H24N2O2/c1-3-14-12(16)10-15(4-2)13(17)11-8-6-5-7-9-11/h11H,3-10H2,1-2H3,(H,14,16). The molecule has 1 aliphatic rings. The molecule has 1 saturated carbocycles. The van der Waals surface area contributed by atoms with Crippen LogP contribution in [0.2, 0.25) is 0 Å². The normalized spacial score (nSPS) is 16.6. The van der Waals surface area contributed by atoms with Crippen molar-refractivity contribution in [2.75, 3.05) is 19.6 Å². The predicted molar refractivity (Wildman–Crippen MR) is 67.5 cm³/mol. The molecule has 0 heterocycles. The minimum absolute atomic E-state index is 0.0569. The van der Waals surface area contributed by atoms with Gasteiger partial charge in [0.15, 0.2) is 0 Å². The lowest BCUT2D eigenvalue weighted by atomic mass is 9.88. The summed E-state index contributed by atoms with van der Waals surface area (Å²) in [7, 11) is 0. The highest BCUT2D eigenvalue weighted by Gasteiger charge is 2.26. The molecule has 1 rings (SSSR count). The topological polar surface area (TPSA) is 49.4 Å². The number of rotatable bonds is 5. The molecule has 1 aliphatic carbocycles. The molecule has 0 aromatic carbocycles. The van der Waals surface area contributed by atoms with Crippen molar-refractivity contribution in [3.63, 3.8) is 0 Å². The van der Waals surface area contributed by atoms with Crippen molar-refractivity contribution in [3.8, 4) is 0 Å². The van der Waals surface area contributed by atoms with Crippen molar-refractivity contribution in [2.45, 2.75) is 46.0 Å². The SMILES string of the molecule is CCNC(=O)CN(CC)C(=O)C1CCCCC1. The van der Waals surface area contributed by atoms with Gasteiger partial charge in [0.05, 0.1) is 6.54 Å². The van der Waals surface area contributed by atoms with Gasteiger partial charge >= 0.3 is 0 Å². The molecular formula is C13H24N2O2. The second-order valence-electron chi connectivity index (χ2n) is 4.64. The van der Waals surface area contributed by atoms with Crippen LogP contribution in [0.5, 0.6) is 0 Å². The van der Waals surface area contributed by atoms with Crippen LogP contribution in [0.1, 0.15) is 46.0 Å². The van der Waals surface area contributed by atoms with Crippen molar-refractivity contribution >= 4 is 11.8 Å². The summed E-state index contributed by atoms with van der Waals surface area (Å²) in [5, 5.41) is 2.74. The van der Waals surface area contributed by atoms with E-state index in [-0.39, 0.29) is 24.3 Å². The Labute approximate surface area is 104 Å². The van der Waals surface area contributed by atoms with Gasteiger partial charge in [-0.15, -0.1) is 0 Å². The van der Waals surface area contributed by atoms with Crippen LogP contribution >= 0.6 is 0 Å². The molecule has 1 N–H and O–H groups in total. The lowest BCUT2D eigenvalue weighted by Crippen LogP contribution is -2.43. The van der Waals surface area contributed by atoms with Crippen molar-refractivity contribution in [3.05, 3.63) is 0 Å². The van der Waals surface area contributed by atoms with E-state index < -0.39 is 0 Å². The number of carbonyl (C=O) groups excluding carboxylic acids is 2. The number of likely N-dealkylation sites (N-methyl/N-ethyl adjacent to an activating group) is 2. The molecule has 0 saturated heterocycles. The number of hydrogen-bond acceptors (Lipinski definition) is 2. The molecule has 0 radical (unpaired) electrons. The van der Waals surface area contributed by atoms with Crippen LogP contribution in [0.15, 0.2) is 0 Å². The molecule has 2 amide bonds. The van der Waals surface area contributed by atoms with E-state index in [1.165, 1.54) is 6.42 Å². The fraction of sp³-hybridized carbons (Fsp3) is 0.846. The van der Waals surface area contributed by atoms with Crippen LogP contribution in [0.3, 0.4) is 0 Å². The fourth-order valence-corrected chi connectivity index (χ4v) is 2.38. The van der Waals surface area contributed by atoms with Gasteiger partial charge in [-0.2, -0.15) is 0 Å². The van der Waals surface area contributed by atoms with Crippen LogP contribution in [-0.4, -0.2) is 36.3 Å². The first-order valence-electron chi connectivity index (χ1n) is 6.74. The molecule has 4 heteroatoms. The summed E-state index contributed by atoms with van der Waals surface area (Å²) in [5.41, 5.74) is 0. The average Bonchev–Trinajstić information content (AvgIpc) is 2.36. The Morgan fingerprint density at radius 1 is 1.18 bits per heavy atom.